The van der Waals surface area contributed by atoms with E-state index in [0.717, 1.165) is 30.6 Å². The highest BCUT2D eigenvalue weighted by Gasteiger charge is 2.30. The van der Waals surface area contributed by atoms with Crippen molar-refractivity contribution in [2.45, 2.75) is 59.6 Å². The summed E-state index contributed by atoms with van der Waals surface area (Å²) < 4.78 is 10.6. The van der Waals surface area contributed by atoms with Crippen molar-refractivity contribution in [3.05, 3.63) is 78.4 Å². The number of benzene rings is 1. The Kier molecular flexibility index (Phi) is 13.0. The predicted molar refractivity (Wildman–Crippen MR) is 149 cm³/mol. The Labute approximate surface area is 218 Å². The third kappa shape index (κ3) is 9.50. The number of carbonyl (C=O) groups is 2. The second kappa shape index (κ2) is 15.1. The normalized spacial score (nSPS) is 15.8. The number of methoxy groups -OCH3 is 1. The average molecular weight is 497 g/mol. The number of hydrogen-bond acceptors (Lipinski definition) is 5. The lowest BCUT2D eigenvalue weighted by atomic mass is 9.92. The van der Waals surface area contributed by atoms with Crippen LogP contribution >= 0.6 is 0 Å². The SMILES string of the molecule is C/C=C(/C(=O)OC)c1ccccc1C(/C=C(\C)CC)N1CCN(C(=O)OC(C)(C)C)CC1.C=CC=C. The summed E-state index contributed by atoms with van der Waals surface area (Å²) in [5.74, 6) is -0.343. The molecule has 36 heavy (non-hydrogen) atoms. The van der Waals surface area contributed by atoms with Gasteiger partial charge in [-0.2, -0.15) is 0 Å². The minimum atomic E-state index is -0.507. The van der Waals surface area contributed by atoms with Crippen LogP contribution in [0.3, 0.4) is 0 Å². The van der Waals surface area contributed by atoms with Gasteiger partial charge in [0.15, 0.2) is 0 Å². The summed E-state index contributed by atoms with van der Waals surface area (Å²) in [4.78, 5) is 29.1. The van der Waals surface area contributed by atoms with E-state index in [2.05, 4.69) is 44.0 Å². The van der Waals surface area contributed by atoms with Gasteiger partial charge >= 0.3 is 12.1 Å². The number of carbonyl (C=O) groups excluding carboxylic acids is 2. The van der Waals surface area contributed by atoms with Crippen molar-refractivity contribution < 1.29 is 19.1 Å². The standard InChI is InChI=1S/C26H38N2O4.C4H6/c1-8-19(3)18-23(22-13-11-10-12-21(22)20(9-2)24(29)31-7)27-14-16-28(17-15-27)25(30)32-26(4,5)6;1-3-4-2/h9-13,18,23H,8,14-17H2,1-7H3;3-4H,1-2H2/b19-18+,20-9+;. The van der Waals surface area contributed by atoms with Gasteiger partial charge in [0, 0.05) is 26.2 Å². The van der Waals surface area contributed by atoms with Crippen LogP contribution < -0.4 is 0 Å². The number of rotatable bonds is 7. The molecular weight excluding hydrogens is 452 g/mol. The van der Waals surface area contributed by atoms with E-state index in [1.165, 1.54) is 12.7 Å². The summed E-state index contributed by atoms with van der Waals surface area (Å²) >= 11 is 0. The molecule has 198 valence electrons. The number of amides is 1. The van der Waals surface area contributed by atoms with Crippen LogP contribution in [0, 0.1) is 0 Å². The number of hydrogen-bond donors (Lipinski definition) is 0. The van der Waals surface area contributed by atoms with Gasteiger partial charge in [-0.1, -0.05) is 74.2 Å². The number of ether oxygens (including phenoxy) is 2. The van der Waals surface area contributed by atoms with Crippen molar-refractivity contribution in [2.75, 3.05) is 33.3 Å². The maximum Gasteiger partial charge on any atom is 0.410 e. The molecular formula is C30H44N2O4. The second-order valence-corrected chi connectivity index (χ2v) is 9.57. The van der Waals surface area contributed by atoms with Crippen LogP contribution in [0.25, 0.3) is 5.57 Å². The molecule has 1 aliphatic heterocycles. The van der Waals surface area contributed by atoms with E-state index in [1.807, 2.05) is 45.9 Å². The van der Waals surface area contributed by atoms with E-state index < -0.39 is 5.60 Å². The number of nitrogens with zero attached hydrogens (tertiary/aromatic N) is 2. The predicted octanol–water partition coefficient (Wildman–Crippen LogP) is 6.57. The molecule has 1 heterocycles. The lowest BCUT2D eigenvalue weighted by molar-refractivity contribution is -0.133. The second-order valence-electron chi connectivity index (χ2n) is 9.57. The third-order valence-corrected chi connectivity index (χ3v) is 5.79. The van der Waals surface area contributed by atoms with Crippen molar-refractivity contribution in [1.82, 2.24) is 9.80 Å². The first kappa shape index (κ1) is 30.9. The van der Waals surface area contributed by atoms with Crippen molar-refractivity contribution in [2.24, 2.45) is 0 Å². The van der Waals surface area contributed by atoms with Crippen molar-refractivity contribution >= 4 is 17.6 Å². The highest BCUT2D eigenvalue weighted by Crippen LogP contribution is 2.32. The summed E-state index contributed by atoms with van der Waals surface area (Å²) in [6, 6.07) is 7.99. The Bertz CT molecular complexity index is 942. The largest absolute Gasteiger partial charge is 0.465 e. The molecule has 1 unspecified atom stereocenters. The van der Waals surface area contributed by atoms with Crippen molar-refractivity contribution in [3.63, 3.8) is 0 Å². The van der Waals surface area contributed by atoms with Crippen LogP contribution in [0.4, 0.5) is 4.79 Å². The highest BCUT2D eigenvalue weighted by molar-refractivity contribution is 6.16. The van der Waals surface area contributed by atoms with E-state index in [1.54, 1.807) is 23.1 Å². The summed E-state index contributed by atoms with van der Waals surface area (Å²) in [7, 11) is 1.41. The van der Waals surface area contributed by atoms with Crippen LogP contribution in [0.5, 0.6) is 0 Å². The lowest BCUT2D eigenvalue weighted by Crippen LogP contribution is -2.50. The maximum absolute atomic E-state index is 12.5. The van der Waals surface area contributed by atoms with Crippen molar-refractivity contribution in [1.29, 1.82) is 0 Å². The molecule has 1 fully saturated rings. The molecule has 0 aliphatic carbocycles. The molecule has 1 atom stereocenters. The summed E-state index contributed by atoms with van der Waals surface area (Å²) in [5.41, 5.74) is 3.27. The quantitative estimate of drug-likeness (QED) is 0.185. The molecule has 1 saturated heterocycles. The van der Waals surface area contributed by atoms with Gasteiger partial charge in [0.05, 0.1) is 18.7 Å². The molecule has 0 radical (unpaired) electrons. The van der Waals surface area contributed by atoms with E-state index in [0.29, 0.717) is 18.7 Å². The van der Waals surface area contributed by atoms with Gasteiger partial charge in [-0.25, -0.2) is 9.59 Å². The van der Waals surface area contributed by atoms with E-state index >= 15 is 0 Å². The van der Waals surface area contributed by atoms with Crippen LogP contribution in [0.15, 0.2) is 67.3 Å². The molecule has 1 aromatic rings. The van der Waals surface area contributed by atoms with E-state index in [-0.39, 0.29) is 18.1 Å². The Morgan fingerprint density at radius 3 is 2.14 bits per heavy atom. The molecule has 1 amide bonds. The van der Waals surface area contributed by atoms with Crippen molar-refractivity contribution in [3.8, 4) is 0 Å². The van der Waals surface area contributed by atoms with Gasteiger partial charge < -0.3 is 14.4 Å². The molecule has 0 aromatic heterocycles. The first-order chi connectivity index (χ1) is 17.0. The van der Waals surface area contributed by atoms with Gasteiger partial charge in [-0.05, 0) is 52.2 Å². The minimum absolute atomic E-state index is 0.00783. The summed E-state index contributed by atoms with van der Waals surface area (Å²) in [6.45, 7) is 21.1. The molecule has 1 aromatic carbocycles. The molecule has 1 aliphatic rings. The van der Waals surface area contributed by atoms with Crippen LogP contribution in [0.1, 0.15) is 65.1 Å². The number of esters is 1. The maximum atomic E-state index is 12.5. The molecule has 0 bridgehead atoms. The third-order valence-electron chi connectivity index (χ3n) is 5.79. The first-order valence-electron chi connectivity index (χ1n) is 12.5. The molecule has 6 nitrogen and oxygen atoms in total. The Balaban J connectivity index is 0.00000150. The Hall–Kier alpha value is -3.12. The zero-order chi connectivity index (χ0) is 27.3. The summed E-state index contributed by atoms with van der Waals surface area (Å²) in [5, 5.41) is 0. The average Bonchev–Trinajstić information content (AvgIpc) is 2.87. The Morgan fingerprint density at radius 2 is 1.67 bits per heavy atom. The minimum Gasteiger partial charge on any atom is -0.465 e. The molecule has 0 spiro atoms. The molecule has 0 saturated carbocycles. The van der Waals surface area contributed by atoms with E-state index in [4.69, 9.17) is 9.47 Å². The highest BCUT2D eigenvalue weighted by atomic mass is 16.6. The summed E-state index contributed by atoms with van der Waals surface area (Å²) in [6.07, 6.45) is 8.03. The number of allylic oxidation sites excluding steroid dienone is 4. The fourth-order valence-electron chi connectivity index (χ4n) is 3.78. The fraction of sp³-hybridized carbons (Fsp3) is 0.467. The van der Waals surface area contributed by atoms with Gasteiger partial charge in [0.1, 0.15) is 5.60 Å². The van der Waals surface area contributed by atoms with Gasteiger partial charge in [-0.15, -0.1) is 0 Å². The van der Waals surface area contributed by atoms with Crippen LogP contribution in [-0.4, -0.2) is 60.8 Å². The molecule has 6 heteroatoms. The zero-order valence-electron chi connectivity index (χ0n) is 23.2. The van der Waals surface area contributed by atoms with Gasteiger partial charge in [-0.3, -0.25) is 4.90 Å². The van der Waals surface area contributed by atoms with Crippen LogP contribution in [0.2, 0.25) is 0 Å². The monoisotopic (exact) mass is 496 g/mol. The zero-order valence-corrected chi connectivity index (χ0v) is 23.2. The smallest absolute Gasteiger partial charge is 0.410 e. The van der Waals surface area contributed by atoms with Crippen LogP contribution in [-0.2, 0) is 14.3 Å². The number of piperazine rings is 1. The topological polar surface area (TPSA) is 59.1 Å². The van der Waals surface area contributed by atoms with Gasteiger partial charge in [0.2, 0.25) is 0 Å². The molecule has 2 rings (SSSR count). The fourth-order valence-corrected chi connectivity index (χ4v) is 3.78. The lowest BCUT2D eigenvalue weighted by Gasteiger charge is -2.39. The molecule has 0 N–H and O–H groups in total. The first-order valence-corrected chi connectivity index (χ1v) is 12.5. The Morgan fingerprint density at radius 1 is 1.08 bits per heavy atom. The van der Waals surface area contributed by atoms with E-state index in [9.17, 15) is 9.59 Å². The van der Waals surface area contributed by atoms with Gasteiger partial charge in [0.25, 0.3) is 0 Å².